The summed E-state index contributed by atoms with van der Waals surface area (Å²) in [6.07, 6.45) is 0. The lowest BCUT2D eigenvalue weighted by atomic mass is 10.0. The van der Waals surface area contributed by atoms with Gasteiger partial charge in [-0.15, -0.1) is 0 Å². The Hall–Kier alpha value is -2.64. The second kappa shape index (κ2) is 6.69. The van der Waals surface area contributed by atoms with Crippen LogP contribution in [0, 0.1) is 11.7 Å². The fraction of sp³-hybridized carbons (Fsp3) is 0.308. The maximum Gasteiger partial charge on any atom is 0.340 e. The van der Waals surface area contributed by atoms with E-state index in [9.17, 15) is 18.8 Å². The number of nitrogens with one attached hydrogen (secondary N) is 2. The third kappa shape index (κ3) is 4.16. The SMILES string of the molecule is CC(C)C(NC(N)=O)C(=O)Nc1cccc(F)c1C(=O)O. The van der Waals surface area contributed by atoms with Crippen molar-refractivity contribution >= 4 is 23.6 Å². The molecule has 0 radical (unpaired) electrons. The number of carboxylic acid groups (broad SMARTS) is 1. The first-order chi connectivity index (χ1) is 9.73. The van der Waals surface area contributed by atoms with Crippen molar-refractivity contribution < 1.29 is 23.9 Å². The van der Waals surface area contributed by atoms with E-state index >= 15 is 0 Å². The topological polar surface area (TPSA) is 122 Å². The van der Waals surface area contributed by atoms with Crippen molar-refractivity contribution in [1.82, 2.24) is 5.32 Å². The molecule has 1 rings (SSSR count). The number of carboxylic acids is 1. The van der Waals surface area contributed by atoms with Crippen LogP contribution in [0.15, 0.2) is 18.2 Å². The lowest BCUT2D eigenvalue weighted by molar-refractivity contribution is -0.118. The summed E-state index contributed by atoms with van der Waals surface area (Å²) in [7, 11) is 0. The van der Waals surface area contributed by atoms with Crippen LogP contribution in [0.4, 0.5) is 14.9 Å². The smallest absolute Gasteiger partial charge is 0.340 e. The Morgan fingerprint density at radius 3 is 2.38 bits per heavy atom. The molecule has 3 amide bonds. The van der Waals surface area contributed by atoms with Gasteiger partial charge in [-0.3, -0.25) is 4.79 Å². The van der Waals surface area contributed by atoms with E-state index in [0.29, 0.717) is 0 Å². The Labute approximate surface area is 120 Å². The number of carbonyl (C=O) groups is 3. The molecule has 1 unspecified atom stereocenters. The zero-order valence-corrected chi connectivity index (χ0v) is 11.5. The summed E-state index contributed by atoms with van der Waals surface area (Å²) in [5.74, 6) is -3.45. The normalized spacial score (nSPS) is 11.8. The third-order valence-electron chi connectivity index (χ3n) is 2.73. The number of amides is 3. The van der Waals surface area contributed by atoms with Crippen LogP contribution in [0.5, 0.6) is 0 Å². The molecule has 0 bridgehead atoms. The van der Waals surface area contributed by atoms with Gasteiger partial charge in [0, 0.05) is 0 Å². The van der Waals surface area contributed by atoms with E-state index in [-0.39, 0.29) is 11.6 Å². The number of primary amides is 1. The van der Waals surface area contributed by atoms with E-state index in [4.69, 9.17) is 10.8 Å². The number of anilines is 1. The standard InChI is InChI=1S/C13H16FN3O4/c1-6(2)10(17-13(15)21)11(18)16-8-5-3-4-7(14)9(8)12(19)20/h3-6,10H,1-2H3,(H,16,18)(H,19,20)(H3,15,17,21). The largest absolute Gasteiger partial charge is 0.478 e. The summed E-state index contributed by atoms with van der Waals surface area (Å²) in [6.45, 7) is 3.34. The van der Waals surface area contributed by atoms with E-state index in [2.05, 4.69) is 10.6 Å². The van der Waals surface area contributed by atoms with Crippen molar-refractivity contribution in [2.24, 2.45) is 11.7 Å². The van der Waals surface area contributed by atoms with Crippen LogP contribution in [0.25, 0.3) is 0 Å². The lowest BCUT2D eigenvalue weighted by Gasteiger charge is -2.21. The summed E-state index contributed by atoms with van der Waals surface area (Å²) < 4.78 is 13.5. The van der Waals surface area contributed by atoms with Gasteiger partial charge >= 0.3 is 12.0 Å². The predicted octanol–water partition coefficient (Wildman–Crippen LogP) is 1.16. The molecule has 21 heavy (non-hydrogen) atoms. The van der Waals surface area contributed by atoms with E-state index in [1.165, 1.54) is 12.1 Å². The van der Waals surface area contributed by atoms with Crippen molar-refractivity contribution in [3.8, 4) is 0 Å². The van der Waals surface area contributed by atoms with Gasteiger partial charge < -0.3 is 21.5 Å². The van der Waals surface area contributed by atoms with Crippen LogP contribution in [0.2, 0.25) is 0 Å². The van der Waals surface area contributed by atoms with Gasteiger partial charge in [-0.25, -0.2) is 14.0 Å². The minimum absolute atomic E-state index is 0.190. The highest BCUT2D eigenvalue weighted by molar-refractivity contribution is 6.03. The van der Waals surface area contributed by atoms with E-state index in [1.54, 1.807) is 13.8 Å². The Morgan fingerprint density at radius 1 is 1.29 bits per heavy atom. The highest BCUT2D eigenvalue weighted by Gasteiger charge is 2.25. The van der Waals surface area contributed by atoms with Crippen molar-refractivity contribution in [3.05, 3.63) is 29.6 Å². The first kappa shape index (κ1) is 16.4. The Morgan fingerprint density at radius 2 is 1.90 bits per heavy atom. The quantitative estimate of drug-likeness (QED) is 0.651. The number of nitrogens with two attached hydrogens (primary N) is 1. The van der Waals surface area contributed by atoms with Gasteiger partial charge in [0.05, 0.1) is 5.69 Å². The average molecular weight is 297 g/mol. The molecule has 0 saturated heterocycles. The van der Waals surface area contributed by atoms with E-state index in [1.807, 2.05) is 0 Å². The second-order valence-electron chi connectivity index (χ2n) is 4.69. The zero-order valence-electron chi connectivity index (χ0n) is 11.5. The van der Waals surface area contributed by atoms with Crippen molar-refractivity contribution in [1.29, 1.82) is 0 Å². The molecule has 5 N–H and O–H groups in total. The molecule has 0 heterocycles. The molecule has 1 aromatic carbocycles. The number of carbonyl (C=O) groups excluding carboxylic acids is 2. The van der Waals surface area contributed by atoms with Gasteiger partial charge in [-0.05, 0) is 18.1 Å². The van der Waals surface area contributed by atoms with Gasteiger partial charge in [0.2, 0.25) is 5.91 Å². The average Bonchev–Trinajstić information content (AvgIpc) is 2.34. The molecule has 0 fully saturated rings. The zero-order chi connectivity index (χ0) is 16.2. The van der Waals surface area contributed by atoms with E-state index < -0.39 is 35.3 Å². The van der Waals surface area contributed by atoms with Crippen LogP contribution in [0.3, 0.4) is 0 Å². The molecule has 1 atom stereocenters. The number of hydrogen-bond donors (Lipinski definition) is 4. The number of benzene rings is 1. The number of hydrogen-bond acceptors (Lipinski definition) is 3. The first-order valence-corrected chi connectivity index (χ1v) is 6.12. The maximum absolute atomic E-state index is 13.5. The van der Waals surface area contributed by atoms with Gasteiger partial charge in [0.1, 0.15) is 17.4 Å². The van der Waals surface area contributed by atoms with Crippen molar-refractivity contribution in [2.75, 3.05) is 5.32 Å². The molecule has 0 aliphatic carbocycles. The molecule has 0 aliphatic heterocycles. The lowest BCUT2D eigenvalue weighted by Crippen LogP contribution is -2.49. The van der Waals surface area contributed by atoms with Gasteiger partial charge in [-0.1, -0.05) is 19.9 Å². The molecule has 0 aromatic heterocycles. The molecule has 114 valence electrons. The molecule has 7 nitrogen and oxygen atoms in total. The number of rotatable bonds is 5. The highest BCUT2D eigenvalue weighted by atomic mass is 19.1. The van der Waals surface area contributed by atoms with Crippen molar-refractivity contribution in [2.45, 2.75) is 19.9 Å². The third-order valence-corrected chi connectivity index (χ3v) is 2.73. The minimum atomic E-state index is -1.51. The second-order valence-corrected chi connectivity index (χ2v) is 4.69. The van der Waals surface area contributed by atoms with Crippen LogP contribution in [0.1, 0.15) is 24.2 Å². The summed E-state index contributed by atoms with van der Waals surface area (Å²) in [5.41, 5.74) is 4.14. The fourth-order valence-electron chi connectivity index (χ4n) is 1.74. The van der Waals surface area contributed by atoms with Crippen LogP contribution >= 0.6 is 0 Å². The van der Waals surface area contributed by atoms with E-state index in [0.717, 1.165) is 6.07 Å². The van der Waals surface area contributed by atoms with Crippen LogP contribution in [-0.4, -0.2) is 29.1 Å². The Bertz CT molecular complexity index is 575. The molecule has 0 aliphatic rings. The molecule has 1 aromatic rings. The summed E-state index contributed by atoms with van der Waals surface area (Å²) in [4.78, 5) is 34.0. The monoisotopic (exact) mass is 297 g/mol. The van der Waals surface area contributed by atoms with Crippen LogP contribution in [-0.2, 0) is 4.79 Å². The molecule has 8 heteroatoms. The number of aromatic carboxylic acids is 1. The summed E-state index contributed by atoms with van der Waals surface area (Å²) in [6, 6.07) is 1.64. The first-order valence-electron chi connectivity index (χ1n) is 6.12. The van der Waals surface area contributed by atoms with Gasteiger partial charge in [0.15, 0.2) is 0 Å². The summed E-state index contributed by atoms with van der Waals surface area (Å²) in [5, 5.41) is 13.5. The highest BCUT2D eigenvalue weighted by Crippen LogP contribution is 2.19. The molecule has 0 spiro atoms. The van der Waals surface area contributed by atoms with Crippen molar-refractivity contribution in [3.63, 3.8) is 0 Å². The minimum Gasteiger partial charge on any atom is -0.478 e. The van der Waals surface area contributed by atoms with Gasteiger partial charge in [-0.2, -0.15) is 0 Å². The molecular weight excluding hydrogens is 281 g/mol. The predicted molar refractivity (Wildman–Crippen MR) is 73.3 cm³/mol. The fourth-order valence-corrected chi connectivity index (χ4v) is 1.74. The number of urea groups is 1. The van der Waals surface area contributed by atoms with Crippen LogP contribution < -0.4 is 16.4 Å². The maximum atomic E-state index is 13.5. The molecular formula is C13H16FN3O4. The van der Waals surface area contributed by atoms with Gasteiger partial charge in [0.25, 0.3) is 0 Å². The number of halogens is 1. The molecule has 0 saturated carbocycles. The Balaban J connectivity index is 3.04. The summed E-state index contributed by atoms with van der Waals surface area (Å²) >= 11 is 0. The Kier molecular flexibility index (Phi) is 5.23.